The van der Waals surface area contributed by atoms with Crippen molar-refractivity contribution >= 4 is 29.0 Å². The zero-order valence-electron chi connectivity index (χ0n) is 21.7. The predicted molar refractivity (Wildman–Crippen MR) is 147 cm³/mol. The summed E-state index contributed by atoms with van der Waals surface area (Å²) in [6, 6.07) is 2.66. The van der Waals surface area contributed by atoms with Crippen molar-refractivity contribution in [3.05, 3.63) is 46.0 Å². The number of anilines is 1. The lowest BCUT2D eigenvalue weighted by Crippen LogP contribution is -2.54. The van der Waals surface area contributed by atoms with Gasteiger partial charge in [0.15, 0.2) is 5.75 Å². The molecule has 5 aliphatic heterocycles. The molecule has 8 heteroatoms. The molecule has 0 aliphatic carbocycles. The van der Waals surface area contributed by atoms with Crippen molar-refractivity contribution < 1.29 is 14.3 Å². The molecule has 0 radical (unpaired) electrons. The largest absolute Gasteiger partial charge is 0.485 e. The third-order valence-corrected chi connectivity index (χ3v) is 9.27. The first-order chi connectivity index (χ1) is 18.0. The van der Waals surface area contributed by atoms with Crippen LogP contribution in [0.25, 0.3) is 0 Å². The molecule has 0 atom stereocenters. The van der Waals surface area contributed by atoms with E-state index >= 15 is 0 Å². The molecule has 0 spiro atoms. The second-order valence-electron chi connectivity index (χ2n) is 11.0. The Labute approximate surface area is 224 Å². The molecule has 6 rings (SSSR count). The van der Waals surface area contributed by atoms with E-state index in [4.69, 9.17) is 26.1 Å². The van der Waals surface area contributed by atoms with Crippen molar-refractivity contribution in [3.8, 4) is 5.75 Å². The van der Waals surface area contributed by atoms with Gasteiger partial charge in [0.05, 0.1) is 10.7 Å². The molecule has 0 bridgehead atoms. The maximum Gasteiger partial charge on any atom is 0.245 e. The Morgan fingerprint density at radius 3 is 2.68 bits per heavy atom. The van der Waals surface area contributed by atoms with Crippen LogP contribution in [0.4, 0.5) is 5.69 Å². The Bertz CT molecular complexity index is 1140. The Morgan fingerprint density at radius 2 is 1.95 bits per heavy atom. The maximum atomic E-state index is 11.9. The Hall–Kier alpha value is -2.35. The normalized spacial score (nSPS) is 23.7. The van der Waals surface area contributed by atoms with Crippen LogP contribution in [0.2, 0.25) is 5.02 Å². The number of carbonyl (C=O) groups is 1. The van der Waals surface area contributed by atoms with Gasteiger partial charge in [-0.25, -0.2) is 0 Å². The minimum absolute atomic E-state index is 0.0466. The average molecular weight is 525 g/mol. The average Bonchev–Trinajstić information content (AvgIpc) is 3.11. The van der Waals surface area contributed by atoms with Crippen LogP contribution in [0.5, 0.6) is 5.75 Å². The Balaban J connectivity index is 1.18. The number of dihydropyridines is 1. The lowest BCUT2D eigenvalue weighted by molar-refractivity contribution is -0.127. The van der Waals surface area contributed by atoms with Gasteiger partial charge in [-0.3, -0.25) is 14.7 Å². The topological polar surface area (TPSA) is 66.4 Å². The number of nitrogens with one attached hydrogen (secondary N) is 1. The maximum absolute atomic E-state index is 11.9. The van der Waals surface area contributed by atoms with E-state index < -0.39 is 0 Å². The summed E-state index contributed by atoms with van der Waals surface area (Å²) in [5.41, 5.74) is 6.17. The molecule has 3 fully saturated rings. The van der Waals surface area contributed by atoms with Gasteiger partial charge in [-0.1, -0.05) is 23.8 Å². The van der Waals surface area contributed by atoms with Crippen molar-refractivity contribution in [2.75, 3.05) is 57.9 Å². The van der Waals surface area contributed by atoms with E-state index in [1.165, 1.54) is 28.3 Å². The summed E-state index contributed by atoms with van der Waals surface area (Å²) >= 11 is 6.85. The van der Waals surface area contributed by atoms with Crippen molar-refractivity contribution in [1.29, 1.82) is 0 Å². The standard InChI is InChI=1S/C29H37ClN4O3/c1-3-26(35)33-10-5-21(6-11-33)34-15-20(16-34)23-14-25(30)28-27(18(23)2)32-29-24(17-37-28)22(4-9-31-29)19-7-12-36-13-8-19/h3,14,19-21H,1,4-13,15-17H2,2H3,(H,31,32). The van der Waals surface area contributed by atoms with Gasteiger partial charge < -0.3 is 19.7 Å². The number of ether oxygens (including phenoxy) is 2. The number of benzene rings is 1. The summed E-state index contributed by atoms with van der Waals surface area (Å²) in [7, 11) is 0. The van der Waals surface area contributed by atoms with Gasteiger partial charge >= 0.3 is 0 Å². The molecule has 3 saturated heterocycles. The summed E-state index contributed by atoms with van der Waals surface area (Å²) in [6.45, 7) is 12.5. The predicted octanol–water partition coefficient (Wildman–Crippen LogP) is 4.55. The van der Waals surface area contributed by atoms with E-state index in [1.807, 2.05) is 4.90 Å². The van der Waals surface area contributed by atoms with Gasteiger partial charge in [-0.05, 0) is 68.2 Å². The molecule has 7 nitrogen and oxygen atoms in total. The summed E-state index contributed by atoms with van der Waals surface area (Å²) < 4.78 is 12.0. The number of likely N-dealkylation sites (tertiary alicyclic amines) is 2. The lowest BCUT2D eigenvalue weighted by Gasteiger charge is -2.47. The number of hydrogen-bond acceptors (Lipinski definition) is 6. The van der Waals surface area contributed by atoms with Gasteiger partial charge in [0, 0.05) is 63.5 Å². The molecule has 37 heavy (non-hydrogen) atoms. The molecule has 1 amide bonds. The first kappa shape index (κ1) is 25.0. The van der Waals surface area contributed by atoms with Crippen LogP contribution in [0, 0.1) is 12.8 Å². The van der Waals surface area contributed by atoms with Crippen LogP contribution in [-0.2, 0) is 9.53 Å². The fraction of sp³-hybridized carbons (Fsp3) is 0.586. The number of rotatable bonds is 4. The van der Waals surface area contributed by atoms with Gasteiger partial charge in [0.1, 0.15) is 12.4 Å². The fourth-order valence-electron chi connectivity index (χ4n) is 6.77. The molecule has 0 saturated carbocycles. The minimum Gasteiger partial charge on any atom is -0.485 e. The van der Waals surface area contributed by atoms with E-state index in [-0.39, 0.29) is 5.91 Å². The van der Waals surface area contributed by atoms with Gasteiger partial charge in [0.25, 0.3) is 0 Å². The van der Waals surface area contributed by atoms with Gasteiger partial charge in [-0.2, -0.15) is 0 Å². The molecule has 0 aromatic heterocycles. The molecule has 1 aromatic rings. The second kappa shape index (κ2) is 10.4. The number of carbonyl (C=O) groups excluding carboxylic acids is 1. The van der Waals surface area contributed by atoms with E-state index in [0.717, 1.165) is 95.3 Å². The summed E-state index contributed by atoms with van der Waals surface area (Å²) in [4.78, 5) is 21.3. The third kappa shape index (κ3) is 4.70. The van der Waals surface area contributed by atoms with E-state index in [0.29, 0.717) is 29.5 Å². The second-order valence-corrected chi connectivity index (χ2v) is 11.4. The molecule has 198 valence electrons. The third-order valence-electron chi connectivity index (χ3n) is 8.99. The first-order valence-electron chi connectivity index (χ1n) is 13.8. The van der Waals surface area contributed by atoms with E-state index in [9.17, 15) is 4.79 Å². The minimum atomic E-state index is 0.0466. The summed E-state index contributed by atoms with van der Waals surface area (Å²) in [5, 5.41) is 4.34. The molecule has 0 unspecified atom stereocenters. The van der Waals surface area contributed by atoms with Crippen LogP contribution in [-0.4, -0.2) is 80.1 Å². The van der Waals surface area contributed by atoms with E-state index in [2.05, 4.69) is 29.8 Å². The highest BCUT2D eigenvalue weighted by atomic mass is 35.5. The van der Waals surface area contributed by atoms with Crippen molar-refractivity contribution in [2.24, 2.45) is 10.9 Å². The number of fused-ring (bicyclic) bond motifs is 2. The highest BCUT2D eigenvalue weighted by Crippen LogP contribution is 2.45. The van der Waals surface area contributed by atoms with Crippen molar-refractivity contribution in [1.82, 2.24) is 9.80 Å². The zero-order chi connectivity index (χ0) is 25.5. The molecule has 1 N–H and O–H groups in total. The Kier molecular flexibility index (Phi) is 7.03. The van der Waals surface area contributed by atoms with Crippen molar-refractivity contribution in [2.45, 2.75) is 51.0 Å². The van der Waals surface area contributed by atoms with Crippen LogP contribution in [0.1, 0.15) is 49.1 Å². The number of nitrogens with zero attached hydrogens (tertiary/aromatic N) is 3. The molecule has 5 heterocycles. The zero-order valence-corrected chi connectivity index (χ0v) is 22.5. The number of hydrogen-bond donors (Lipinski definition) is 1. The fourth-order valence-corrected chi connectivity index (χ4v) is 7.04. The van der Waals surface area contributed by atoms with E-state index in [1.54, 1.807) is 0 Å². The van der Waals surface area contributed by atoms with Crippen LogP contribution in [0.15, 0.2) is 34.9 Å². The number of halogens is 1. The van der Waals surface area contributed by atoms with Crippen LogP contribution >= 0.6 is 11.6 Å². The quantitative estimate of drug-likeness (QED) is 0.585. The van der Waals surface area contributed by atoms with Crippen LogP contribution < -0.4 is 10.1 Å². The van der Waals surface area contributed by atoms with Gasteiger partial charge in [-0.15, -0.1) is 0 Å². The molecule has 5 aliphatic rings. The smallest absolute Gasteiger partial charge is 0.245 e. The monoisotopic (exact) mass is 524 g/mol. The number of piperidine rings is 1. The Morgan fingerprint density at radius 1 is 1.19 bits per heavy atom. The van der Waals surface area contributed by atoms with Crippen LogP contribution in [0.3, 0.4) is 0 Å². The lowest BCUT2D eigenvalue weighted by atomic mass is 9.84. The molecular formula is C29H37ClN4O3. The molecular weight excluding hydrogens is 488 g/mol. The first-order valence-corrected chi connectivity index (χ1v) is 14.1. The summed E-state index contributed by atoms with van der Waals surface area (Å²) in [5.74, 6) is 2.75. The number of amides is 1. The highest BCUT2D eigenvalue weighted by Gasteiger charge is 2.38. The highest BCUT2D eigenvalue weighted by molar-refractivity contribution is 6.33. The SMILES string of the molecule is C=CC(=O)N1CCC(N2CC(c3cc(Cl)c4c(c3C)NC3=NCCC(C5CCOCC5)=C3CO4)C2)CC1. The summed E-state index contributed by atoms with van der Waals surface area (Å²) in [6.07, 6.45) is 6.62. The number of amidine groups is 1. The number of aliphatic imine (C=N–C) groups is 1. The van der Waals surface area contributed by atoms with Gasteiger partial charge in [0.2, 0.25) is 5.91 Å². The van der Waals surface area contributed by atoms with Crippen molar-refractivity contribution in [3.63, 3.8) is 0 Å². The molecule has 1 aromatic carbocycles.